The van der Waals surface area contributed by atoms with E-state index in [2.05, 4.69) is 12.2 Å². The summed E-state index contributed by atoms with van der Waals surface area (Å²) in [4.78, 5) is 24.2. The van der Waals surface area contributed by atoms with Gasteiger partial charge in [-0.2, -0.15) is 4.31 Å². The van der Waals surface area contributed by atoms with Gasteiger partial charge in [-0.05, 0) is 49.9 Å². The van der Waals surface area contributed by atoms with Gasteiger partial charge in [0.15, 0.2) is 6.10 Å². The molecular weight excluding hydrogens is 387 g/mol. The minimum Gasteiger partial charge on any atom is -0.452 e. The highest BCUT2D eigenvalue weighted by Gasteiger charge is 2.28. The maximum atomic E-state index is 13.0. The van der Waals surface area contributed by atoms with E-state index in [0.29, 0.717) is 5.92 Å². The van der Waals surface area contributed by atoms with E-state index in [1.165, 1.54) is 14.0 Å². The van der Waals surface area contributed by atoms with E-state index >= 15 is 0 Å². The van der Waals surface area contributed by atoms with Crippen LogP contribution in [-0.2, 0) is 24.3 Å². The van der Waals surface area contributed by atoms with E-state index in [1.54, 1.807) is 0 Å². The van der Waals surface area contributed by atoms with Gasteiger partial charge in [0, 0.05) is 13.1 Å². The van der Waals surface area contributed by atoms with Crippen molar-refractivity contribution in [2.45, 2.75) is 56.6 Å². The Hall–Kier alpha value is -2.00. The minimum absolute atomic E-state index is 0.0592. The van der Waals surface area contributed by atoms with Crippen LogP contribution in [0.3, 0.4) is 0 Å². The molecule has 1 saturated carbocycles. The second-order valence-corrected chi connectivity index (χ2v) is 9.27. The summed E-state index contributed by atoms with van der Waals surface area (Å²) in [6.07, 6.45) is 3.11. The number of ether oxygens (including phenoxy) is 1. The first kappa shape index (κ1) is 22.3. The van der Waals surface area contributed by atoms with Crippen LogP contribution in [0, 0.1) is 11.7 Å². The fraction of sp³-hybridized carbons (Fsp3) is 0.579. The maximum Gasteiger partial charge on any atom is 0.322 e. The van der Waals surface area contributed by atoms with Gasteiger partial charge in [0.1, 0.15) is 12.4 Å². The average molecular weight is 414 g/mol. The third-order valence-electron chi connectivity index (χ3n) is 4.99. The minimum atomic E-state index is -3.97. The molecule has 3 unspecified atom stereocenters. The Balaban J connectivity index is 1.89. The number of nitrogens with zero attached hydrogens (tertiary/aromatic N) is 1. The van der Waals surface area contributed by atoms with E-state index in [-0.39, 0.29) is 10.9 Å². The summed E-state index contributed by atoms with van der Waals surface area (Å²) >= 11 is 0. The molecule has 0 aliphatic heterocycles. The average Bonchev–Trinajstić information content (AvgIpc) is 2.63. The molecule has 0 spiro atoms. The number of hydrogen-bond acceptors (Lipinski definition) is 5. The number of amides is 1. The molecule has 1 amide bonds. The molecule has 0 bridgehead atoms. The Labute approximate surface area is 165 Å². The van der Waals surface area contributed by atoms with Gasteiger partial charge >= 0.3 is 5.97 Å². The van der Waals surface area contributed by atoms with Gasteiger partial charge in [-0.1, -0.05) is 19.8 Å². The highest BCUT2D eigenvalue weighted by atomic mass is 32.2. The number of hydrogen-bond donors (Lipinski definition) is 1. The van der Waals surface area contributed by atoms with Gasteiger partial charge in [-0.25, -0.2) is 12.8 Å². The van der Waals surface area contributed by atoms with Crippen LogP contribution in [0.1, 0.15) is 39.5 Å². The lowest BCUT2D eigenvalue weighted by molar-refractivity contribution is -0.155. The number of nitrogens with one attached hydrogen (secondary N) is 1. The zero-order valence-corrected chi connectivity index (χ0v) is 17.2. The predicted molar refractivity (Wildman–Crippen MR) is 101 cm³/mol. The Bertz CT molecular complexity index is 797. The number of rotatable bonds is 7. The van der Waals surface area contributed by atoms with Gasteiger partial charge in [0.25, 0.3) is 5.91 Å². The quantitative estimate of drug-likeness (QED) is 0.690. The van der Waals surface area contributed by atoms with Crippen molar-refractivity contribution in [2.24, 2.45) is 5.92 Å². The lowest BCUT2D eigenvalue weighted by Crippen LogP contribution is -2.46. The highest BCUT2D eigenvalue weighted by Crippen LogP contribution is 2.23. The number of esters is 1. The van der Waals surface area contributed by atoms with Crippen LogP contribution < -0.4 is 5.32 Å². The van der Waals surface area contributed by atoms with Gasteiger partial charge in [-0.15, -0.1) is 0 Å². The van der Waals surface area contributed by atoms with Crippen molar-refractivity contribution in [3.8, 4) is 0 Å². The van der Waals surface area contributed by atoms with E-state index in [9.17, 15) is 22.4 Å². The number of halogens is 1. The Morgan fingerprint density at radius 3 is 2.46 bits per heavy atom. The summed E-state index contributed by atoms with van der Waals surface area (Å²) in [5.74, 6) is -1.43. The van der Waals surface area contributed by atoms with Gasteiger partial charge in [-0.3, -0.25) is 9.59 Å². The van der Waals surface area contributed by atoms with Crippen LogP contribution in [0.15, 0.2) is 29.2 Å². The zero-order valence-electron chi connectivity index (χ0n) is 16.4. The van der Waals surface area contributed by atoms with Crippen LogP contribution in [0.2, 0.25) is 0 Å². The molecular formula is C19H27FN2O5S. The van der Waals surface area contributed by atoms with Crippen molar-refractivity contribution < 1.29 is 27.1 Å². The SMILES string of the molecule is CC(OC(=O)CN(C)S(=O)(=O)c1ccc(F)cc1)C(=O)NC1CCCCC1C. The molecule has 0 heterocycles. The van der Waals surface area contributed by atoms with Gasteiger partial charge in [0.2, 0.25) is 10.0 Å². The topological polar surface area (TPSA) is 92.8 Å². The molecule has 1 N–H and O–H groups in total. The van der Waals surface area contributed by atoms with Crippen molar-refractivity contribution >= 4 is 21.9 Å². The van der Waals surface area contributed by atoms with E-state index in [0.717, 1.165) is 54.3 Å². The largest absolute Gasteiger partial charge is 0.452 e. The van der Waals surface area contributed by atoms with Crippen molar-refractivity contribution in [2.75, 3.05) is 13.6 Å². The fourth-order valence-electron chi connectivity index (χ4n) is 3.17. The summed E-state index contributed by atoms with van der Waals surface area (Å²) in [6.45, 7) is 2.97. The zero-order chi connectivity index (χ0) is 20.9. The first-order valence-corrected chi connectivity index (χ1v) is 10.8. The number of carbonyl (C=O) groups excluding carboxylic acids is 2. The Kier molecular flexibility index (Phi) is 7.54. The predicted octanol–water partition coefficient (Wildman–Crippen LogP) is 2.07. The van der Waals surface area contributed by atoms with Crippen LogP contribution >= 0.6 is 0 Å². The van der Waals surface area contributed by atoms with E-state index in [4.69, 9.17) is 4.74 Å². The Morgan fingerprint density at radius 1 is 1.25 bits per heavy atom. The first-order valence-electron chi connectivity index (χ1n) is 9.33. The van der Waals surface area contributed by atoms with Crippen molar-refractivity contribution in [1.82, 2.24) is 9.62 Å². The molecule has 0 saturated heterocycles. The monoisotopic (exact) mass is 414 g/mol. The number of sulfonamides is 1. The summed E-state index contributed by atoms with van der Waals surface area (Å²) < 4.78 is 43.7. The molecule has 1 fully saturated rings. The van der Waals surface area contributed by atoms with E-state index in [1.807, 2.05) is 0 Å². The molecule has 2 rings (SSSR count). The molecule has 7 nitrogen and oxygen atoms in total. The molecule has 0 aromatic heterocycles. The third-order valence-corrected chi connectivity index (χ3v) is 6.81. The standard InChI is InChI=1S/C19H27FN2O5S/c1-13-6-4-5-7-17(13)21-19(24)14(2)27-18(23)12-22(3)28(25,26)16-10-8-15(20)9-11-16/h8-11,13-14,17H,4-7,12H2,1-3H3,(H,21,24). The second-order valence-electron chi connectivity index (χ2n) is 7.22. The van der Waals surface area contributed by atoms with Gasteiger partial charge in [0.05, 0.1) is 4.90 Å². The van der Waals surface area contributed by atoms with Crippen LogP contribution in [-0.4, -0.2) is 50.3 Å². The first-order chi connectivity index (χ1) is 13.1. The van der Waals surface area contributed by atoms with Crippen molar-refractivity contribution in [3.05, 3.63) is 30.1 Å². The number of benzene rings is 1. The normalized spacial score (nSPS) is 21.2. The van der Waals surface area contributed by atoms with Gasteiger partial charge < -0.3 is 10.1 Å². The summed E-state index contributed by atoms with van der Waals surface area (Å²) in [7, 11) is -2.75. The molecule has 1 aliphatic carbocycles. The molecule has 156 valence electrons. The maximum absolute atomic E-state index is 13.0. The van der Waals surface area contributed by atoms with E-state index < -0.39 is 40.4 Å². The number of carbonyl (C=O) groups is 2. The van der Waals surface area contributed by atoms with Crippen LogP contribution in [0.4, 0.5) is 4.39 Å². The summed E-state index contributed by atoms with van der Waals surface area (Å²) in [6, 6.07) is 4.35. The molecule has 3 atom stereocenters. The molecule has 1 aromatic carbocycles. The van der Waals surface area contributed by atoms with Crippen LogP contribution in [0.25, 0.3) is 0 Å². The third kappa shape index (κ3) is 5.75. The highest BCUT2D eigenvalue weighted by molar-refractivity contribution is 7.89. The smallest absolute Gasteiger partial charge is 0.322 e. The molecule has 0 radical (unpaired) electrons. The van der Waals surface area contributed by atoms with Crippen molar-refractivity contribution in [3.63, 3.8) is 0 Å². The fourth-order valence-corrected chi connectivity index (χ4v) is 4.29. The second kappa shape index (κ2) is 9.47. The molecule has 28 heavy (non-hydrogen) atoms. The van der Waals surface area contributed by atoms with Crippen LogP contribution in [0.5, 0.6) is 0 Å². The molecule has 1 aliphatic rings. The summed E-state index contributed by atoms with van der Waals surface area (Å²) in [5.41, 5.74) is 0. The lowest BCUT2D eigenvalue weighted by Gasteiger charge is -2.30. The lowest BCUT2D eigenvalue weighted by atomic mass is 9.86. The van der Waals surface area contributed by atoms with Crippen molar-refractivity contribution in [1.29, 1.82) is 0 Å². The molecule has 9 heteroatoms. The number of likely N-dealkylation sites (N-methyl/N-ethyl adjacent to an activating group) is 1. The molecule has 1 aromatic rings. The summed E-state index contributed by atoms with van der Waals surface area (Å²) in [5, 5.41) is 2.90. The Morgan fingerprint density at radius 2 is 1.86 bits per heavy atom.